The number of ether oxygens (including phenoxy) is 3. The summed E-state index contributed by atoms with van der Waals surface area (Å²) in [4.78, 5) is 27.4. The SMILES string of the molecule is COC(=O)C[C@H]1C(=O)N(Cc2ccccc2)[C@@H]2CCC3(C[C@]12C)OCCO3. The Bertz CT molecular complexity index is 715. The second-order valence-electron chi connectivity index (χ2n) is 8.13. The zero-order chi connectivity index (χ0) is 19.1. The van der Waals surface area contributed by atoms with Crippen molar-refractivity contribution in [1.29, 1.82) is 0 Å². The average Bonchev–Trinajstić information content (AvgIpc) is 3.19. The number of fused-ring (bicyclic) bond motifs is 1. The van der Waals surface area contributed by atoms with Gasteiger partial charge in [-0.25, -0.2) is 0 Å². The fourth-order valence-electron chi connectivity index (χ4n) is 5.26. The highest BCUT2D eigenvalue weighted by atomic mass is 16.7. The molecule has 1 aliphatic carbocycles. The summed E-state index contributed by atoms with van der Waals surface area (Å²) in [5.74, 6) is -1.33. The van der Waals surface area contributed by atoms with Crippen LogP contribution in [0.1, 0.15) is 38.2 Å². The first-order chi connectivity index (χ1) is 13.0. The van der Waals surface area contributed by atoms with Crippen LogP contribution in [0.4, 0.5) is 0 Å². The Morgan fingerprint density at radius 1 is 1.26 bits per heavy atom. The van der Waals surface area contributed by atoms with Gasteiger partial charge in [-0.05, 0) is 12.0 Å². The first-order valence-corrected chi connectivity index (χ1v) is 9.67. The Kier molecular flexibility index (Phi) is 4.72. The highest BCUT2D eigenvalue weighted by Gasteiger charge is 2.62. The van der Waals surface area contributed by atoms with E-state index in [9.17, 15) is 9.59 Å². The molecule has 0 bridgehead atoms. The molecule has 6 nitrogen and oxygen atoms in total. The number of carbonyl (C=O) groups excluding carboxylic acids is 2. The maximum Gasteiger partial charge on any atom is 0.306 e. The predicted octanol–water partition coefficient (Wildman–Crippen LogP) is 2.51. The molecule has 2 saturated heterocycles. The number of amides is 1. The molecule has 1 spiro atoms. The lowest BCUT2D eigenvalue weighted by atomic mass is 9.64. The molecule has 1 amide bonds. The molecule has 6 heteroatoms. The lowest BCUT2D eigenvalue weighted by Crippen LogP contribution is -2.51. The van der Waals surface area contributed by atoms with Crippen molar-refractivity contribution in [2.45, 2.75) is 51.0 Å². The molecule has 0 N–H and O–H groups in total. The summed E-state index contributed by atoms with van der Waals surface area (Å²) in [6.07, 6.45) is 2.32. The van der Waals surface area contributed by atoms with Gasteiger partial charge in [0.15, 0.2) is 5.79 Å². The van der Waals surface area contributed by atoms with Gasteiger partial charge in [0.25, 0.3) is 0 Å². The Morgan fingerprint density at radius 3 is 2.63 bits per heavy atom. The van der Waals surface area contributed by atoms with Crippen LogP contribution in [0.25, 0.3) is 0 Å². The lowest BCUT2D eigenvalue weighted by Gasteiger charge is -2.47. The topological polar surface area (TPSA) is 65.1 Å². The summed E-state index contributed by atoms with van der Waals surface area (Å²) < 4.78 is 16.8. The van der Waals surface area contributed by atoms with Gasteiger partial charge in [0.2, 0.25) is 5.91 Å². The van der Waals surface area contributed by atoms with Crippen molar-refractivity contribution in [2.24, 2.45) is 11.3 Å². The van der Waals surface area contributed by atoms with Crippen LogP contribution in [0.3, 0.4) is 0 Å². The van der Waals surface area contributed by atoms with E-state index in [0.717, 1.165) is 18.4 Å². The van der Waals surface area contributed by atoms with E-state index < -0.39 is 11.7 Å². The molecule has 1 aromatic carbocycles. The van der Waals surface area contributed by atoms with Gasteiger partial charge < -0.3 is 19.1 Å². The second kappa shape index (κ2) is 6.91. The molecule has 0 aromatic heterocycles. The summed E-state index contributed by atoms with van der Waals surface area (Å²) in [5.41, 5.74) is 0.711. The van der Waals surface area contributed by atoms with E-state index >= 15 is 0 Å². The minimum absolute atomic E-state index is 0.0341. The maximum atomic E-state index is 13.4. The number of likely N-dealkylation sites (tertiary alicyclic amines) is 1. The third-order valence-corrected chi connectivity index (χ3v) is 6.57. The summed E-state index contributed by atoms with van der Waals surface area (Å²) >= 11 is 0. The zero-order valence-electron chi connectivity index (χ0n) is 16.0. The van der Waals surface area contributed by atoms with Crippen LogP contribution >= 0.6 is 0 Å². The van der Waals surface area contributed by atoms with Gasteiger partial charge in [0.1, 0.15) is 0 Å². The molecule has 2 aliphatic heterocycles. The standard InChI is InChI=1S/C21H27NO5/c1-20-14-21(26-10-11-27-21)9-8-17(20)22(13-15-6-4-3-5-7-15)19(24)16(20)12-18(23)25-2/h3-7,16-17H,8-14H2,1-2H3/t16-,17+,20+/m0/s1. The smallest absolute Gasteiger partial charge is 0.306 e. The Balaban J connectivity index is 1.65. The van der Waals surface area contributed by atoms with Crippen molar-refractivity contribution < 1.29 is 23.8 Å². The minimum Gasteiger partial charge on any atom is -0.469 e. The van der Waals surface area contributed by atoms with Crippen LogP contribution in [0.5, 0.6) is 0 Å². The van der Waals surface area contributed by atoms with Gasteiger partial charge in [-0.2, -0.15) is 0 Å². The largest absolute Gasteiger partial charge is 0.469 e. The molecule has 3 atom stereocenters. The quantitative estimate of drug-likeness (QED) is 0.759. The van der Waals surface area contributed by atoms with Gasteiger partial charge in [0.05, 0.1) is 32.7 Å². The summed E-state index contributed by atoms with van der Waals surface area (Å²) in [7, 11) is 1.37. The van der Waals surface area contributed by atoms with Gasteiger partial charge >= 0.3 is 5.97 Å². The molecule has 0 unspecified atom stereocenters. The van der Waals surface area contributed by atoms with Gasteiger partial charge in [-0.3, -0.25) is 9.59 Å². The van der Waals surface area contributed by atoms with E-state index in [0.29, 0.717) is 26.2 Å². The van der Waals surface area contributed by atoms with Crippen molar-refractivity contribution in [3.05, 3.63) is 35.9 Å². The molecule has 0 radical (unpaired) electrons. The third-order valence-electron chi connectivity index (χ3n) is 6.57. The third kappa shape index (κ3) is 3.15. The molecule has 1 saturated carbocycles. The second-order valence-corrected chi connectivity index (χ2v) is 8.13. The van der Waals surface area contributed by atoms with Gasteiger partial charge in [-0.1, -0.05) is 37.3 Å². The molecular formula is C21H27NO5. The summed E-state index contributed by atoms with van der Waals surface area (Å²) in [5, 5.41) is 0. The number of nitrogens with zero attached hydrogens (tertiary/aromatic N) is 1. The number of esters is 1. The van der Waals surface area contributed by atoms with E-state index in [1.54, 1.807) is 0 Å². The van der Waals surface area contributed by atoms with Crippen LogP contribution in [0, 0.1) is 11.3 Å². The monoisotopic (exact) mass is 373 g/mol. The highest BCUT2D eigenvalue weighted by molar-refractivity contribution is 5.87. The van der Waals surface area contributed by atoms with E-state index in [1.807, 2.05) is 35.2 Å². The fraction of sp³-hybridized carbons (Fsp3) is 0.619. The molecule has 3 fully saturated rings. The van der Waals surface area contributed by atoms with E-state index in [1.165, 1.54) is 7.11 Å². The molecule has 27 heavy (non-hydrogen) atoms. The number of carbonyl (C=O) groups is 2. The Hall–Kier alpha value is -1.92. The van der Waals surface area contributed by atoms with Crippen LogP contribution in [-0.2, 0) is 30.3 Å². The first-order valence-electron chi connectivity index (χ1n) is 9.67. The normalized spacial score (nSPS) is 31.9. The number of methoxy groups -OCH3 is 1. The fourth-order valence-corrected chi connectivity index (χ4v) is 5.26. The molecule has 2 heterocycles. The van der Waals surface area contributed by atoms with Gasteiger partial charge in [-0.15, -0.1) is 0 Å². The predicted molar refractivity (Wildman–Crippen MR) is 97.5 cm³/mol. The van der Waals surface area contributed by atoms with Crippen LogP contribution < -0.4 is 0 Å². The van der Waals surface area contributed by atoms with Crippen LogP contribution in [0.15, 0.2) is 30.3 Å². The zero-order valence-corrected chi connectivity index (χ0v) is 16.0. The van der Waals surface area contributed by atoms with E-state index in [2.05, 4.69) is 6.92 Å². The van der Waals surface area contributed by atoms with Crippen LogP contribution in [0.2, 0.25) is 0 Å². The Morgan fingerprint density at radius 2 is 1.96 bits per heavy atom. The number of hydrogen-bond acceptors (Lipinski definition) is 5. The highest BCUT2D eigenvalue weighted by Crippen LogP contribution is 2.56. The molecule has 1 aromatic rings. The van der Waals surface area contributed by atoms with E-state index in [-0.39, 0.29) is 29.8 Å². The summed E-state index contributed by atoms with van der Waals surface area (Å²) in [6.45, 7) is 3.85. The van der Waals surface area contributed by atoms with Crippen LogP contribution in [-0.4, -0.2) is 48.9 Å². The van der Waals surface area contributed by atoms with Crippen molar-refractivity contribution in [2.75, 3.05) is 20.3 Å². The number of hydrogen-bond donors (Lipinski definition) is 0. The molecular weight excluding hydrogens is 346 g/mol. The molecule has 3 aliphatic rings. The minimum atomic E-state index is -0.608. The first kappa shape index (κ1) is 18.4. The number of rotatable bonds is 4. The Labute approximate surface area is 159 Å². The lowest BCUT2D eigenvalue weighted by molar-refractivity contribution is -0.210. The molecule has 4 rings (SSSR count). The van der Waals surface area contributed by atoms with Crippen molar-refractivity contribution in [3.63, 3.8) is 0 Å². The maximum absolute atomic E-state index is 13.4. The van der Waals surface area contributed by atoms with Crippen molar-refractivity contribution in [1.82, 2.24) is 4.90 Å². The number of benzene rings is 1. The van der Waals surface area contributed by atoms with Gasteiger partial charge in [0, 0.05) is 30.8 Å². The van der Waals surface area contributed by atoms with Crippen molar-refractivity contribution >= 4 is 11.9 Å². The summed E-state index contributed by atoms with van der Waals surface area (Å²) in [6, 6.07) is 10.1. The molecule has 146 valence electrons. The van der Waals surface area contributed by atoms with E-state index in [4.69, 9.17) is 14.2 Å². The average molecular weight is 373 g/mol. The van der Waals surface area contributed by atoms with Crippen molar-refractivity contribution in [3.8, 4) is 0 Å².